The number of non-ortho nitro benzene ring substituents is 1. The molecule has 0 bridgehead atoms. The third-order valence-electron chi connectivity index (χ3n) is 4.45. The first-order valence-corrected chi connectivity index (χ1v) is 8.86. The van der Waals surface area contributed by atoms with Crippen LogP contribution in [0.1, 0.15) is 29.8 Å². The Bertz CT molecular complexity index is 800. The molecule has 1 saturated heterocycles. The summed E-state index contributed by atoms with van der Waals surface area (Å²) in [6.45, 7) is 2.44. The molecule has 0 radical (unpaired) electrons. The van der Waals surface area contributed by atoms with Crippen LogP contribution in [0.2, 0.25) is 0 Å². The maximum absolute atomic E-state index is 12.6. The quantitative estimate of drug-likeness (QED) is 0.437. The number of benzene rings is 1. The summed E-state index contributed by atoms with van der Waals surface area (Å²) in [7, 11) is 0. The molecule has 144 valence electrons. The minimum absolute atomic E-state index is 0.0485. The van der Waals surface area contributed by atoms with Gasteiger partial charge in [-0.1, -0.05) is 11.3 Å². The van der Waals surface area contributed by atoms with E-state index in [-0.39, 0.29) is 23.4 Å². The van der Waals surface area contributed by atoms with Crippen molar-refractivity contribution in [2.24, 2.45) is 5.73 Å². The molecule has 1 aliphatic heterocycles. The number of nitrogens with two attached hydrogens (primary N) is 1. The highest BCUT2D eigenvalue weighted by Crippen LogP contribution is 2.18. The number of carbonyl (C=O) groups excluding carboxylic acids is 1. The Morgan fingerprint density at radius 2 is 2.15 bits per heavy atom. The Kier molecular flexibility index (Phi) is 6.09. The summed E-state index contributed by atoms with van der Waals surface area (Å²) in [6.07, 6.45) is 4.02. The van der Waals surface area contributed by atoms with Crippen molar-refractivity contribution in [1.82, 2.24) is 19.9 Å². The fourth-order valence-electron chi connectivity index (χ4n) is 2.96. The van der Waals surface area contributed by atoms with Gasteiger partial charge < -0.3 is 15.4 Å². The van der Waals surface area contributed by atoms with E-state index in [1.807, 2.05) is 0 Å². The Balaban J connectivity index is 1.61. The molecule has 10 nitrogen and oxygen atoms in total. The minimum atomic E-state index is -0.480. The molecule has 1 aromatic carbocycles. The smallest absolute Gasteiger partial charge is 0.276 e. The number of nitro benzene ring substituents is 1. The zero-order chi connectivity index (χ0) is 19.2. The Labute approximate surface area is 156 Å². The van der Waals surface area contributed by atoms with Gasteiger partial charge in [-0.3, -0.25) is 14.9 Å². The maximum Gasteiger partial charge on any atom is 0.276 e. The van der Waals surface area contributed by atoms with Gasteiger partial charge >= 0.3 is 0 Å². The second kappa shape index (κ2) is 8.69. The van der Waals surface area contributed by atoms with E-state index in [9.17, 15) is 14.9 Å². The van der Waals surface area contributed by atoms with E-state index in [2.05, 4.69) is 10.3 Å². The van der Waals surface area contributed by atoms with Crippen LogP contribution in [0.25, 0.3) is 5.69 Å². The van der Waals surface area contributed by atoms with Crippen LogP contribution in [0, 0.1) is 10.1 Å². The molecule has 1 amide bonds. The zero-order valence-electron chi connectivity index (χ0n) is 14.9. The zero-order valence-corrected chi connectivity index (χ0v) is 14.9. The standard InChI is InChI=1S/C17H22N6O4/c18-7-2-10-27-15-5-8-21(9-6-15)17(24)16-12-22(20-19-16)13-3-1-4-14(11-13)23(25)26/h1,3-4,11-12,15H,2,5-10,18H2. The van der Waals surface area contributed by atoms with Crippen molar-refractivity contribution in [3.8, 4) is 5.69 Å². The number of hydrogen-bond acceptors (Lipinski definition) is 7. The van der Waals surface area contributed by atoms with Crippen molar-refractivity contribution < 1.29 is 14.5 Å². The number of rotatable bonds is 7. The number of piperidine rings is 1. The fourth-order valence-corrected chi connectivity index (χ4v) is 2.96. The van der Waals surface area contributed by atoms with Gasteiger partial charge in [-0.25, -0.2) is 4.68 Å². The monoisotopic (exact) mass is 374 g/mol. The van der Waals surface area contributed by atoms with Gasteiger partial charge in [0.25, 0.3) is 11.6 Å². The Morgan fingerprint density at radius 1 is 1.37 bits per heavy atom. The molecule has 3 rings (SSSR count). The van der Waals surface area contributed by atoms with Crippen molar-refractivity contribution in [2.75, 3.05) is 26.2 Å². The molecule has 2 heterocycles. The van der Waals surface area contributed by atoms with Crippen LogP contribution in [-0.2, 0) is 4.74 Å². The molecular weight excluding hydrogens is 352 g/mol. The number of amides is 1. The van der Waals surface area contributed by atoms with Gasteiger partial charge in [0.05, 0.1) is 22.9 Å². The molecule has 1 aromatic heterocycles. The van der Waals surface area contributed by atoms with Gasteiger partial charge in [0, 0.05) is 31.8 Å². The summed E-state index contributed by atoms with van der Waals surface area (Å²) in [5.41, 5.74) is 6.09. The number of carbonyl (C=O) groups is 1. The lowest BCUT2D eigenvalue weighted by atomic mass is 10.1. The highest BCUT2D eigenvalue weighted by atomic mass is 16.6. The van der Waals surface area contributed by atoms with E-state index in [4.69, 9.17) is 10.5 Å². The molecule has 27 heavy (non-hydrogen) atoms. The SMILES string of the molecule is NCCCOC1CCN(C(=O)c2cn(-c3cccc([N+](=O)[O-])c3)nn2)CC1. The first-order valence-electron chi connectivity index (χ1n) is 8.86. The van der Waals surface area contributed by atoms with Gasteiger partial charge in [-0.2, -0.15) is 0 Å². The van der Waals surface area contributed by atoms with Gasteiger partial charge in [0.2, 0.25) is 0 Å². The van der Waals surface area contributed by atoms with Crippen molar-refractivity contribution in [2.45, 2.75) is 25.4 Å². The lowest BCUT2D eigenvalue weighted by Crippen LogP contribution is -2.41. The van der Waals surface area contributed by atoms with E-state index in [1.165, 1.54) is 23.0 Å². The Morgan fingerprint density at radius 3 is 2.85 bits per heavy atom. The maximum atomic E-state index is 12.6. The number of likely N-dealkylation sites (tertiary alicyclic amines) is 1. The second-order valence-corrected chi connectivity index (χ2v) is 6.33. The lowest BCUT2D eigenvalue weighted by molar-refractivity contribution is -0.384. The van der Waals surface area contributed by atoms with Crippen LogP contribution in [0.4, 0.5) is 5.69 Å². The molecule has 10 heteroatoms. The van der Waals surface area contributed by atoms with Gasteiger partial charge in [-0.15, -0.1) is 5.10 Å². The van der Waals surface area contributed by atoms with E-state index in [0.29, 0.717) is 31.9 Å². The molecule has 1 fully saturated rings. The second-order valence-electron chi connectivity index (χ2n) is 6.33. The number of ether oxygens (including phenoxy) is 1. The van der Waals surface area contributed by atoms with Gasteiger partial charge in [-0.05, 0) is 31.9 Å². The van der Waals surface area contributed by atoms with Crippen LogP contribution in [-0.4, -0.2) is 63.1 Å². The fraction of sp³-hybridized carbons (Fsp3) is 0.471. The van der Waals surface area contributed by atoms with Gasteiger partial charge in [0.1, 0.15) is 0 Å². The van der Waals surface area contributed by atoms with Crippen molar-refractivity contribution >= 4 is 11.6 Å². The highest BCUT2D eigenvalue weighted by Gasteiger charge is 2.25. The summed E-state index contributed by atoms with van der Waals surface area (Å²) < 4.78 is 7.11. The molecule has 0 spiro atoms. The van der Waals surface area contributed by atoms with E-state index >= 15 is 0 Å². The molecule has 0 saturated carbocycles. The van der Waals surface area contributed by atoms with Crippen LogP contribution < -0.4 is 5.73 Å². The molecule has 2 aromatic rings. The molecule has 2 N–H and O–H groups in total. The summed E-state index contributed by atoms with van der Waals surface area (Å²) in [5, 5.41) is 18.8. The molecule has 1 aliphatic rings. The van der Waals surface area contributed by atoms with E-state index < -0.39 is 4.92 Å². The van der Waals surface area contributed by atoms with Crippen molar-refractivity contribution in [1.29, 1.82) is 0 Å². The molecular formula is C17H22N6O4. The van der Waals surface area contributed by atoms with Crippen LogP contribution in [0.15, 0.2) is 30.5 Å². The Hall–Kier alpha value is -2.85. The first kappa shape index (κ1) is 18.9. The first-order chi connectivity index (χ1) is 13.1. The topological polar surface area (TPSA) is 129 Å². The highest BCUT2D eigenvalue weighted by molar-refractivity contribution is 5.92. The predicted molar refractivity (Wildman–Crippen MR) is 96.6 cm³/mol. The van der Waals surface area contributed by atoms with Crippen LogP contribution in [0.5, 0.6) is 0 Å². The van der Waals surface area contributed by atoms with Crippen LogP contribution >= 0.6 is 0 Å². The van der Waals surface area contributed by atoms with Gasteiger partial charge in [0.15, 0.2) is 5.69 Å². The normalized spacial score (nSPS) is 15.1. The van der Waals surface area contributed by atoms with E-state index in [0.717, 1.165) is 19.3 Å². The number of nitro groups is 1. The van der Waals surface area contributed by atoms with Crippen LogP contribution in [0.3, 0.4) is 0 Å². The molecule has 0 atom stereocenters. The average molecular weight is 374 g/mol. The number of aromatic nitrogens is 3. The largest absolute Gasteiger partial charge is 0.378 e. The predicted octanol–water partition coefficient (Wildman–Crippen LogP) is 1.15. The lowest BCUT2D eigenvalue weighted by Gasteiger charge is -2.31. The van der Waals surface area contributed by atoms with E-state index in [1.54, 1.807) is 17.0 Å². The summed E-state index contributed by atoms with van der Waals surface area (Å²) in [5.74, 6) is -0.202. The molecule has 0 aliphatic carbocycles. The average Bonchev–Trinajstić information content (AvgIpc) is 3.18. The summed E-state index contributed by atoms with van der Waals surface area (Å²) >= 11 is 0. The minimum Gasteiger partial charge on any atom is -0.378 e. The molecule has 0 unspecified atom stereocenters. The van der Waals surface area contributed by atoms with Crippen molar-refractivity contribution in [3.63, 3.8) is 0 Å². The third kappa shape index (κ3) is 4.66. The number of nitrogens with zero attached hydrogens (tertiary/aromatic N) is 5. The summed E-state index contributed by atoms with van der Waals surface area (Å²) in [6, 6.07) is 6.01. The third-order valence-corrected chi connectivity index (χ3v) is 4.45. The summed E-state index contributed by atoms with van der Waals surface area (Å²) in [4.78, 5) is 24.8. The van der Waals surface area contributed by atoms with Crippen molar-refractivity contribution in [3.05, 3.63) is 46.3 Å². The number of hydrogen-bond donors (Lipinski definition) is 1.